The van der Waals surface area contributed by atoms with Crippen molar-refractivity contribution in [3.05, 3.63) is 59.7 Å². The average Bonchev–Trinajstić information content (AvgIpc) is 2.85. The van der Waals surface area contributed by atoms with Crippen molar-refractivity contribution >= 4 is 17.7 Å². The molecule has 0 unspecified atom stereocenters. The Bertz CT molecular complexity index is 947. The van der Waals surface area contributed by atoms with E-state index in [1.807, 2.05) is 24.3 Å². The van der Waals surface area contributed by atoms with Crippen LogP contribution in [0.2, 0.25) is 0 Å². The van der Waals surface area contributed by atoms with Crippen LogP contribution >= 0.6 is 0 Å². The normalized spacial score (nSPS) is 13.4. The van der Waals surface area contributed by atoms with Crippen molar-refractivity contribution in [1.29, 1.82) is 0 Å². The summed E-state index contributed by atoms with van der Waals surface area (Å²) in [5, 5.41) is 23.6. The highest BCUT2D eigenvalue weighted by atomic mass is 16.5. The van der Waals surface area contributed by atoms with Crippen LogP contribution in [-0.2, 0) is 16.0 Å². The lowest BCUT2D eigenvalue weighted by molar-refractivity contribution is -0.133. The van der Waals surface area contributed by atoms with Crippen LogP contribution in [0, 0.1) is 0 Å². The maximum Gasteiger partial charge on any atom is 0.268 e. The average molecular weight is 472 g/mol. The van der Waals surface area contributed by atoms with Crippen LogP contribution in [0.15, 0.2) is 48.5 Å². The fourth-order valence-electron chi connectivity index (χ4n) is 3.31. The fraction of sp³-hybridized carbons (Fsp3) is 0.375. The maximum atomic E-state index is 12.4. The zero-order chi connectivity index (χ0) is 25.1. The van der Waals surface area contributed by atoms with E-state index >= 15 is 0 Å². The summed E-state index contributed by atoms with van der Waals surface area (Å²) in [5.74, 6) is -1.64. The molecule has 2 aromatic carbocycles. The van der Waals surface area contributed by atoms with Gasteiger partial charge in [-0.3, -0.25) is 19.6 Å². The first kappa shape index (κ1) is 26.9. The SMILES string of the molecule is C[C@@H](O)[C@H](NC(=O)c1ccc(-c2ccc(CCNC(=O)[C@@H](N)CCCN)cc2)cc1)C(=O)NO. The van der Waals surface area contributed by atoms with Gasteiger partial charge in [-0.1, -0.05) is 36.4 Å². The molecular weight excluding hydrogens is 438 g/mol. The quantitative estimate of drug-likeness (QED) is 0.169. The van der Waals surface area contributed by atoms with Crippen molar-refractivity contribution in [2.24, 2.45) is 11.5 Å². The molecule has 0 aliphatic carbocycles. The minimum atomic E-state index is -1.28. The molecule has 10 heteroatoms. The Morgan fingerprint density at radius 1 is 0.971 bits per heavy atom. The Morgan fingerprint density at radius 3 is 2.09 bits per heavy atom. The molecular formula is C24H33N5O5. The summed E-state index contributed by atoms with van der Waals surface area (Å²) in [6.07, 6.45) is 0.762. The first-order valence-corrected chi connectivity index (χ1v) is 11.1. The zero-order valence-electron chi connectivity index (χ0n) is 19.2. The number of benzene rings is 2. The number of hydrogen-bond donors (Lipinski definition) is 7. The minimum absolute atomic E-state index is 0.175. The Morgan fingerprint density at radius 2 is 1.56 bits per heavy atom. The van der Waals surface area contributed by atoms with E-state index in [1.165, 1.54) is 12.4 Å². The molecule has 34 heavy (non-hydrogen) atoms. The topological polar surface area (TPSA) is 180 Å². The lowest BCUT2D eigenvalue weighted by Crippen LogP contribution is -2.51. The summed E-state index contributed by atoms with van der Waals surface area (Å²) in [6, 6.07) is 12.8. The van der Waals surface area contributed by atoms with E-state index in [2.05, 4.69) is 10.6 Å². The van der Waals surface area contributed by atoms with Crippen molar-refractivity contribution in [3.63, 3.8) is 0 Å². The summed E-state index contributed by atoms with van der Waals surface area (Å²) >= 11 is 0. The number of carbonyl (C=O) groups excluding carboxylic acids is 3. The van der Waals surface area contributed by atoms with Gasteiger partial charge in [0.2, 0.25) is 5.91 Å². The first-order valence-electron chi connectivity index (χ1n) is 11.1. The van der Waals surface area contributed by atoms with Gasteiger partial charge in [0.1, 0.15) is 6.04 Å². The minimum Gasteiger partial charge on any atom is -0.391 e. The van der Waals surface area contributed by atoms with E-state index < -0.39 is 30.0 Å². The van der Waals surface area contributed by atoms with Crippen molar-refractivity contribution < 1.29 is 24.7 Å². The third-order valence-electron chi connectivity index (χ3n) is 5.36. The third kappa shape index (κ3) is 7.92. The van der Waals surface area contributed by atoms with E-state index in [1.54, 1.807) is 24.3 Å². The largest absolute Gasteiger partial charge is 0.391 e. The second-order valence-electron chi connectivity index (χ2n) is 8.02. The van der Waals surface area contributed by atoms with Crippen LogP contribution in [0.5, 0.6) is 0 Å². The van der Waals surface area contributed by atoms with E-state index in [-0.39, 0.29) is 5.91 Å². The Labute approximate surface area is 198 Å². The number of aliphatic hydroxyl groups excluding tert-OH is 1. The monoisotopic (exact) mass is 471 g/mol. The molecule has 0 spiro atoms. The highest BCUT2D eigenvalue weighted by molar-refractivity contribution is 5.98. The van der Waals surface area contributed by atoms with Gasteiger partial charge in [-0.2, -0.15) is 0 Å². The van der Waals surface area contributed by atoms with Crippen molar-refractivity contribution in [2.45, 2.75) is 44.4 Å². The van der Waals surface area contributed by atoms with E-state index in [9.17, 15) is 19.5 Å². The third-order valence-corrected chi connectivity index (χ3v) is 5.36. The first-order chi connectivity index (χ1) is 16.3. The Kier molecular flexibility index (Phi) is 10.6. The number of nitrogens with one attached hydrogen (secondary N) is 3. The lowest BCUT2D eigenvalue weighted by Gasteiger charge is -2.19. The molecule has 3 atom stereocenters. The van der Waals surface area contributed by atoms with Crippen molar-refractivity contribution in [2.75, 3.05) is 13.1 Å². The molecule has 0 heterocycles. The van der Waals surface area contributed by atoms with Gasteiger partial charge in [0.25, 0.3) is 11.8 Å². The van der Waals surface area contributed by atoms with E-state index in [0.717, 1.165) is 16.7 Å². The fourth-order valence-corrected chi connectivity index (χ4v) is 3.31. The van der Waals surface area contributed by atoms with Crippen LogP contribution in [0.1, 0.15) is 35.7 Å². The molecule has 2 aromatic rings. The Balaban J connectivity index is 1.92. The molecule has 0 aromatic heterocycles. The van der Waals surface area contributed by atoms with Crippen LogP contribution in [0.3, 0.4) is 0 Å². The number of amides is 3. The highest BCUT2D eigenvalue weighted by Gasteiger charge is 2.25. The van der Waals surface area contributed by atoms with Gasteiger partial charge in [-0.05, 0) is 61.6 Å². The van der Waals surface area contributed by atoms with Crippen LogP contribution in [0.25, 0.3) is 11.1 Å². The summed E-state index contributed by atoms with van der Waals surface area (Å²) in [7, 11) is 0. The molecule has 0 fully saturated rings. The highest BCUT2D eigenvalue weighted by Crippen LogP contribution is 2.20. The molecule has 184 valence electrons. The van der Waals surface area contributed by atoms with E-state index in [0.29, 0.717) is 37.9 Å². The van der Waals surface area contributed by atoms with Gasteiger partial charge in [-0.25, -0.2) is 5.48 Å². The van der Waals surface area contributed by atoms with Gasteiger partial charge in [-0.15, -0.1) is 0 Å². The summed E-state index contributed by atoms with van der Waals surface area (Å²) in [5.41, 5.74) is 15.9. The second-order valence-corrected chi connectivity index (χ2v) is 8.02. The summed E-state index contributed by atoms with van der Waals surface area (Å²) in [4.78, 5) is 35.9. The molecule has 0 aliphatic rings. The summed E-state index contributed by atoms with van der Waals surface area (Å²) in [6.45, 7) is 2.33. The standard InChI is InChI=1S/C24H33N5O5/c1-15(30)21(24(33)29-34)28-22(31)19-10-8-18(9-11-19)17-6-4-16(5-7-17)12-14-27-23(32)20(26)3-2-13-25/h4-11,15,20-21,30,34H,2-3,12-14,25-26H2,1H3,(H,27,32)(H,28,31)(H,29,33)/t15-,20+,21+/m1/s1. The van der Waals surface area contributed by atoms with Crippen molar-refractivity contribution in [3.8, 4) is 11.1 Å². The van der Waals surface area contributed by atoms with Crippen LogP contribution in [-0.4, -0.2) is 59.3 Å². The molecule has 2 rings (SSSR count). The van der Waals surface area contributed by atoms with Gasteiger partial charge >= 0.3 is 0 Å². The predicted octanol–water partition coefficient (Wildman–Crippen LogP) is 0.0631. The van der Waals surface area contributed by atoms with Gasteiger partial charge in [0, 0.05) is 12.1 Å². The molecule has 10 nitrogen and oxygen atoms in total. The number of nitrogens with two attached hydrogens (primary N) is 2. The molecule has 0 radical (unpaired) electrons. The number of hydrogen-bond acceptors (Lipinski definition) is 7. The predicted molar refractivity (Wildman–Crippen MR) is 128 cm³/mol. The molecule has 9 N–H and O–H groups in total. The zero-order valence-corrected chi connectivity index (χ0v) is 19.2. The Hall–Kier alpha value is -3.31. The van der Waals surface area contributed by atoms with Gasteiger partial charge in [0.05, 0.1) is 12.1 Å². The maximum absolute atomic E-state index is 12.4. The van der Waals surface area contributed by atoms with Crippen LogP contribution in [0.4, 0.5) is 0 Å². The smallest absolute Gasteiger partial charge is 0.268 e. The molecule has 0 saturated heterocycles. The van der Waals surface area contributed by atoms with Crippen LogP contribution < -0.4 is 27.6 Å². The molecule has 3 amide bonds. The molecule has 0 bridgehead atoms. The summed E-state index contributed by atoms with van der Waals surface area (Å²) < 4.78 is 0. The van der Waals surface area contributed by atoms with E-state index in [4.69, 9.17) is 16.7 Å². The number of carbonyl (C=O) groups is 3. The van der Waals surface area contributed by atoms with Crippen molar-refractivity contribution in [1.82, 2.24) is 16.1 Å². The number of hydroxylamine groups is 1. The van der Waals surface area contributed by atoms with Gasteiger partial charge < -0.3 is 27.2 Å². The molecule has 0 saturated carbocycles. The van der Waals surface area contributed by atoms with Gasteiger partial charge in [0.15, 0.2) is 0 Å². The number of aliphatic hydroxyl groups is 1. The lowest BCUT2D eigenvalue weighted by atomic mass is 10.0. The number of rotatable bonds is 12. The molecule has 0 aliphatic heterocycles. The second kappa shape index (κ2) is 13.4.